The number of methoxy groups -OCH3 is 1. The summed E-state index contributed by atoms with van der Waals surface area (Å²) in [7, 11) is 1.49. The molecular weight excluding hydrogens is 350 g/mol. The van der Waals surface area contributed by atoms with Gasteiger partial charge in [0.25, 0.3) is 0 Å². The molecular formula is C20H19NO6. The number of ether oxygens (including phenoxy) is 2. The van der Waals surface area contributed by atoms with Gasteiger partial charge >= 0.3 is 5.97 Å². The van der Waals surface area contributed by atoms with E-state index in [4.69, 9.17) is 9.47 Å². The Morgan fingerprint density at radius 1 is 1.11 bits per heavy atom. The highest BCUT2D eigenvalue weighted by molar-refractivity contribution is 6.08. The molecule has 0 unspecified atom stereocenters. The molecule has 0 spiro atoms. The number of rotatable bonds is 6. The summed E-state index contributed by atoms with van der Waals surface area (Å²) in [5.41, 5.74) is 0.354. The monoisotopic (exact) mass is 369 g/mol. The summed E-state index contributed by atoms with van der Waals surface area (Å²) in [6, 6.07) is 6.51. The van der Waals surface area contributed by atoms with Gasteiger partial charge in [-0.3, -0.25) is 24.1 Å². The highest BCUT2D eigenvalue weighted by Gasteiger charge is 2.59. The van der Waals surface area contributed by atoms with Crippen molar-refractivity contribution in [2.24, 2.45) is 23.7 Å². The first-order chi connectivity index (χ1) is 13.0. The molecule has 0 N–H and O–H groups in total. The van der Waals surface area contributed by atoms with Gasteiger partial charge in [-0.2, -0.15) is 0 Å². The van der Waals surface area contributed by atoms with E-state index in [1.54, 1.807) is 24.3 Å². The van der Waals surface area contributed by atoms with E-state index < -0.39 is 19.1 Å². The Labute approximate surface area is 155 Å². The first-order valence-corrected chi connectivity index (χ1v) is 8.86. The Balaban J connectivity index is 1.34. The van der Waals surface area contributed by atoms with Crippen LogP contribution in [0.15, 0.2) is 36.4 Å². The Bertz CT molecular complexity index is 830. The minimum atomic E-state index is -0.770. The van der Waals surface area contributed by atoms with Gasteiger partial charge in [-0.15, -0.1) is 0 Å². The van der Waals surface area contributed by atoms with Crippen LogP contribution < -0.4 is 4.74 Å². The smallest absolute Gasteiger partial charge is 0.326 e. The molecule has 0 aromatic heterocycles. The number of benzene rings is 1. The summed E-state index contributed by atoms with van der Waals surface area (Å²) < 4.78 is 10.0. The van der Waals surface area contributed by atoms with Crippen LogP contribution in [0.1, 0.15) is 16.8 Å². The van der Waals surface area contributed by atoms with Gasteiger partial charge in [0.15, 0.2) is 12.4 Å². The van der Waals surface area contributed by atoms with Crippen molar-refractivity contribution in [2.75, 3.05) is 20.3 Å². The average Bonchev–Trinajstić information content (AvgIpc) is 3.36. The minimum Gasteiger partial charge on any atom is -0.497 e. The van der Waals surface area contributed by atoms with Crippen LogP contribution in [-0.4, -0.2) is 48.7 Å². The Kier molecular flexibility index (Phi) is 4.30. The fourth-order valence-corrected chi connectivity index (χ4v) is 4.32. The summed E-state index contributed by atoms with van der Waals surface area (Å²) in [5.74, 6) is -1.77. The van der Waals surface area contributed by atoms with Gasteiger partial charge in [0.05, 0.1) is 18.9 Å². The molecule has 140 valence electrons. The number of likely N-dealkylation sites (tertiary alicyclic amines) is 1. The van der Waals surface area contributed by atoms with Crippen molar-refractivity contribution < 1.29 is 28.7 Å². The van der Waals surface area contributed by atoms with E-state index in [0.29, 0.717) is 11.3 Å². The molecule has 27 heavy (non-hydrogen) atoms. The van der Waals surface area contributed by atoms with Crippen molar-refractivity contribution in [2.45, 2.75) is 6.42 Å². The lowest BCUT2D eigenvalue weighted by Gasteiger charge is -2.16. The molecule has 2 amide bonds. The number of nitrogens with zero attached hydrogens (tertiary/aromatic N) is 1. The van der Waals surface area contributed by atoms with Crippen LogP contribution in [-0.2, 0) is 19.1 Å². The number of hydrogen-bond donors (Lipinski definition) is 0. The minimum absolute atomic E-state index is 0.0899. The van der Waals surface area contributed by atoms with Gasteiger partial charge in [-0.25, -0.2) is 0 Å². The maximum absolute atomic E-state index is 12.5. The van der Waals surface area contributed by atoms with Crippen LogP contribution in [0.25, 0.3) is 0 Å². The fraction of sp³-hybridized carbons (Fsp3) is 0.400. The molecule has 2 bridgehead atoms. The molecule has 2 aliphatic carbocycles. The van der Waals surface area contributed by atoms with Crippen LogP contribution in [0, 0.1) is 23.7 Å². The van der Waals surface area contributed by atoms with Crippen molar-refractivity contribution >= 4 is 23.6 Å². The summed E-state index contributed by atoms with van der Waals surface area (Å²) in [6.07, 6.45) is 4.82. The number of fused-ring (bicyclic) bond motifs is 5. The van der Waals surface area contributed by atoms with Crippen molar-refractivity contribution in [3.63, 3.8) is 0 Å². The number of hydrogen-bond acceptors (Lipinski definition) is 6. The van der Waals surface area contributed by atoms with Crippen molar-refractivity contribution in [1.82, 2.24) is 4.90 Å². The van der Waals surface area contributed by atoms with E-state index in [0.717, 1.165) is 11.3 Å². The standard InChI is InChI=1S/C20H19NO6/c1-26-14-4-2-3-11(8-14)15(22)10-27-16(23)9-21-19(24)17-12-5-6-13(7-12)18(17)20(21)25/h2-6,8,12-13,17-18H,7,9-10H2,1H3/t12-,13-,17-,18+/m0/s1. The largest absolute Gasteiger partial charge is 0.497 e. The van der Waals surface area contributed by atoms with Crippen molar-refractivity contribution in [3.05, 3.63) is 42.0 Å². The molecule has 1 heterocycles. The molecule has 7 nitrogen and oxygen atoms in total. The first kappa shape index (κ1) is 17.5. The van der Waals surface area contributed by atoms with Crippen LogP contribution in [0.5, 0.6) is 5.75 Å². The molecule has 1 aromatic rings. The number of allylic oxidation sites excluding steroid dienone is 2. The van der Waals surface area contributed by atoms with E-state index in [1.165, 1.54) is 7.11 Å². The molecule has 1 saturated carbocycles. The van der Waals surface area contributed by atoms with E-state index >= 15 is 0 Å². The lowest BCUT2D eigenvalue weighted by atomic mass is 9.85. The maximum Gasteiger partial charge on any atom is 0.326 e. The topological polar surface area (TPSA) is 90.0 Å². The van der Waals surface area contributed by atoms with E-state index in [1.807, 2.05) is 12.2 Å². The third-order valence-electron chi connectivity index (χ3n) is 5.60. The number of amides is 2. The van der Waals surface area contributed by atoms with Crippen molar-refractivity contribution in [1.29, 1.82) is 0 Å². The van der Waals surface area contributed by atoms with E-state index in [9.17, 15) is 19.2 Å². The second-order valence-electron chi connectivity index (χ2n) is 7.08. The van der Waals surface area contributed by atoms with E-state index in [2.05, 4.69) is 0 Å². The molecule has 0 radical (unpaired) electrons. The molecule has 1 saturated heterocycles. The fourth-order valence-electron chi connectivity index (χ4n) is 4.32. The molecule has 7 heteroatoms. The summed E-state index contributed by atoms with van der Waals surface area (Å²) >= 11 is 0. The van der Waals surface area contributed by atoms with Gasteiger partial charge < -0.3 is 9.47 Å². The zero-order chi connectivity index (χ0) is 19.1. The average molecular weight is 369 g/mol. The first-order valence-electron chi connectivity index (χ1n) is 8.86. The number of esters is 1. The molecule has 4 rings (SSSR count). The number of carbonyl (C=O) groups is 4. The Morgan fingerprint density at radius 3 is 2.41 bits per heavy atom. The van der Waals surface area contributed by atoms with Crippen LogP contribution in [0.3, 0.4) is 0 Å². The van der Waals surface area contributed by atoms with Gasteiger partial charge in [0.1, 0.15) is 12.3 Å². The number of Topliss-reactive ketones (excluding diaryl/α,β-unsaturated/α-hetero) is 1. The van der Waals surface area contributed by atoms with Crippen LogP contribution >= 0.6 is 0 Å². The highest BCUT2D eigenvalue weighted by atomic mass is 16.5. The van der Waals surface area contributed by atoms with Gasteiger partial charge in [-0.05, 0) is 30.4 Å². The highest BCUT2D eigenvalue weighted by Crippen LogP contribution is 2.52. The molecule has 1 aromatic carbocycles. The Hall–Kier alpha value is -2.96. The zero-order valence-corrected chi connectivity index (χ0v) is 14.8. The number of imide groups is 1. The molecule has 3 aliphatic rings. The summed E-state index contributed by atoms with van der Waals surface area (Å²) in [4.78, 5) is 50.3. The third kappa shape index (κ3) is 2.93. The molecule has 2 fully saturated rings. The lowest BCUT2D eigenvalue weighted by Crippen LogP contribution is -2.38. The second-order valence-corrected chi connectivity index (χ2v) is 7.08. The van der Waals surface area contributed by atoms with Gasteiger partial charge in [0, 0.05) is 5.56 Å². The molecule has 1 aliphatic heterocycles. The predicted molar refractivity (Wildman–Crippen MR) is 92.7 cm³/mol. The molecule has 4 atom stereocenters. The number of carbonyl (C=O) groups excluding carboxylic acids is 4. The number of ketones is 1. The van der Waals surface area contributed by atoms with Crippen molar-refractivity contribution in [3.8, 4) is 5.75 Å². The van der Waals surface area contributed by atoms with Gasteiger partial charge in [-0.1, -0.05) is 24.3 Å². The van der Waals surface area contributed by atoms with Crippen LogP contribution in [0.2, 0.25) is 0 Å². The predicted octanol–water partition coefficient (Wildman–Crippen LogP) is 1.23. The maximum atomic E-state index is 12.5. The summed E-state index contributed by atoms with van der Waals surface area (Å²) in [6.45, 7) is -0.905. The summed E-state index contributed by atoms with van der Waals surface area (Å²) in [5, 5.41) is 0. The SMILES string of the molecule is COc1cccc(C(=O)COC(=O)CN2C(=O)[C@@H]3[C@H](C2=O)[C@H]2C=C[C@H]3C2)c1. The second kappa shape index (κ2) is 6.64. The Morgan fingerprint density at radius 2 is 1.78 bits per heavy atom. The lowest BCUT2D eigenvalue weighted by molar-refractivity contribution is -0.152. The normalized spacial score (nSPS) is 27.8. The third-order valence-corrected chi connectivity index (χ3v) is 5.60. The quantitative estimate of drug-likeness (QED) is 0.324. The van der Waals surface area contributed by atoms with Gasteiger partial charge in [0.2, 0.25) is 11.8 Å². The van der Waals surface area contributed by atoms with Crippen LogP contribution in [0.4, 0.5) is 0 Å². The zero-order valence-electron chi connectivity index (χ0n) is 14.8. The van der Waals surface area contributed by atoms with E-state index in [-0.39, 0.29) is 41.3 Å².